The van der Waals surface area contributed by atoms with Gasteiger partial charge in [0.25, 0.3) is 0 Å². The summed E-state index contributed by atoms with van der Waals surface area (Å²) in [7, 11) is 0. The van der Waals surface area contributed by atoms with Crippen LogP contribution in [0, 0.1) is 0 Å². The Morgan fingerprint density at radius 1 is 0.333 bits per heavy atom. The minimum absolute atomic E-state index is 0.983. The van der Waals surface area contributed by atoms with Crippen molar-refractivity contribution >= 4 is 11.3 Å². The molecule has 0 atom stereocenters. The van der Waals surface area contributed by atoms with Crippen LogP contribution in [0.2, 0.25) is 0 Å². The van der Waals surface area contributed by atoms with Crippen LogP contribution in [0.5, 0.6) is 0 Å². The molecule has 0 radical (unpaired) electrons. The van der Waals surface area contributed by atoms with Crippen molar-refractivity contribution in [2.24, 2.45) is 0 Å². The smallest absolute Gasteiger partial charge is 0.0130 e. The largest absolute Gasteiger partial charge is 0.144 e. The second-order valence-electron chi connectivity index (χ2n) is 8.56. The van der Waals surface area contributed by atoms with Gasteiger partial charge in [-0.15, -0.1) is 11.3 Å². The second kappa shape index (κ2) is 10.5. The van der Waals surface area contributed by atoms with Gasteiger partial charge in [0.05, 0.1) is 0 Å². The lowest BCUT2D eigenvalue weighted by Gasteiger charge is -2.11. The van der Waals surface area contributed by atoms with Gasteiger partial charge in [-0.2, -0.15) is 0 Å². The first-order valence-electron chi connectivity index (χ1n) is 11.6. The van der Waals surface area contributed by atoms with E-state index in [9.17, 15) is 0 Å². The Balaban J connectivity index is 1.60. The zero-order valence-electron chi connectivity index (χ0n) is 18.8. The molecule has 0 N–H and O–H groups in total. The van der Waals surface area contributed by atoms with Crippen molar-refractivity contribution in [1.29, 1.82) is 0 Å². The molecule has 4 aromatic carbocycles. The molecule has 0 nitrogen and oxygen atoms in total. The van der Waals surface area contributed by atoms with E-state index in [1.54, 1.807) is 0 Å². The van der Waals surface area contributed by atoms with Gasteiger partial charge in [-0.05, 0) is 46.2 Å². The van der Waals surface area contributed by atoms with Crippen molar-refractivity contribution in [2.45, 2.75) is 25.7 Å². The number of hydrogen-bond acceptors (Lipinski definition) is 1. The lowest BCUT2D eigenvalue weighted by molar-refractivity contribution is 1.05. The van der Waals surface area contributed by atoms with E-state index in [1.165, 1.54) is 43.1 Å². The third-order valence-electron chi connectivity index (χ3n) is 6.15. The highest BCUT2D eigenvalue weighted by Gasteiger charge is 2.19. The summed E-state index contributed by atoms with van der Waals surface area (Å²) in [5.41, 5.74) is 8.56. The van der Waals surface area contributed by atoms with Crippen molar-refractivity contribution < 1.29 is 0 Å². The van der Waals surface area contributed by atoms with Gasteiger partial charge >= 0.3 is 0 Å². The average Bonchev–Trinajstić information content (AvgIpc) is 3.17. The third-order valence-corrected chi connectivity index (χ3v) is 7.42. The Labute approximate surface area is 201 Å². The number of benzene rings is 4. The van der Waals surface area contributed by atoms with Crippen LogP contribution >= 0.6 is 11.3 Å². The maximum Gasteiger partial charge on any atom is 0.0130 e. The van der Waals surface area contributed by atoms with Gasteiger partial charge in [0.1, 0.15) is 0 Å². The van der Waals surface area contributed by atoms with Crippen LogP contribution in [-0.2, 0) is 25.7 Å². The predicted octanol–water partition coefficient (Wildman–Crippen LogP) is 8.11. The molecule has 0 fully saturated rings. The monoisotopic (exact) mass is 444 g/mol. The Morgan fingerprint density at radius 3 is 0.909 bits per heavy atom. The van der Waals surface area contributed by atoms with Crippen molar-refractivity contribution in [2.75, 3.05) is 0 Å². The summed E-state index contributed by atoms with van der Waals surface area (Å²) in [6.07, 6.45) is 3.95. The highest BCUT2D eigenvalue weighted by molar-refractivity contribution is 7.12. The van der Waals surface area contributed by atoms with Gasteiger partial charge in [0.15, 0.2) is 0 Å². The zero-order valence-corrected chi connectivity index (χ0v) is 19.6. The Morgan fingerprint density at radius 2 is 0.606 bits per heavy atom. The normalized spacial score (nSPS) is 10.9. The summed E-state index contributed by atoms with van der Waals surface area (Å²) in [5, 5.41) is 0. The third kappa shape index (κ3) is 5.50. The highest BCUT2D eigenvalue weighted by atomic mass is 32.1. The fourth-order valence-electron chi connectivity index (χ4n) is 4.47. The molecule has 5 rings (SSSR count). The molecule has 0 amide bonds. The molecule has 0 saturated heterocycles. The average molecular weight is 445 g/mol. The first-order chi connectivity index (χ1) is 16.3. The van der Waals surface area contributed by atoms with Gasteiger partial charge in [-0.3, -0.25) is 0 Å². The number of rotatable bonds is 8. The van der Waals surface area contributed by atoms with E-state index in [1.807, 2.05) is 11.3 Å². The van der Waals surface area contributed by atoms with Crippen LogP contribution in [0.4, 0.5) is 0 Å². The van der Waals surface area contributed by atoms with Gasteiger partial charge in [0, 0.05) is 22.6 Å². The van der Waals surface area contributed by atoms with E-state index < -0.39 is 0 Å². The van der Waals surface area contributed by atoms with E-state index in [0.29, 0.717) is 0 Å². The van der Waals surface area contributed by atoms with E-state index >= 15 is 0 Å². The second-order valence-corrected chi connectivity index (χ2v) is 9.74. The summed E-state index contributed by atoms with van der Waals surface area (Å²) >= 11 is 2.01. The van der Waals surface area contributed by atoms with Crippen LogP contribution in [0.3, 0.4) is 0 Å². The first kappa shape index (κ1) is 21.4. The lowest BCUT2D eigenvalue weighted by Crippen LogP contribution is -2.00. The van der Waals surface area contributed by atoms with E-state index in [2.05, 4.69) is 121 Å². The maximum atomic E-state index is 2.26. The van der Waals surface area contributed by atoms with Crippen molar-refractivity contribution in [3.8, 4) is 0 Å². The minimum atomic E-state index is 0.983. The molecule has 1 heterocycles. The van der Waals surface area contributed by atoms with Crippen molar-refractivity contribution in [3.63, 3.8) is 0 Å². The van der Waals surface area contributed by atoms with Gasteiger partial charge in [-0.1, -0.05) is 121 Å². The lowest BCUT2D eigenvalue weighted by atomic mass is 9.92. The molecular formula is C32H28S. The molecule has 1 heteroatoms. The summed E-state index contributed by atoms with van der Waals surface area (Å²) in [6.45, 7) is 0. The maximum absolute atomic E-state index is 2.26. The molecule has 0 bridgehead atoms. The molecule has 1 aromatic heterocycles. The van der Waals surface area contributed by atoms with Gasteiger partial charge in [0.2, 0.25) is 0 Å². The summed E-state index contributed by atoms with van der Waals surface area (Å²) in [6, 6.07) is 43.6. The topological polar surface area (TPSA) is 0 Å². The van der Waals surface area contributed by atoms with Crippen molar-refractivity contribution in [3.05, 3.63) is 164 Å². The fraction of sp³-hybridized carbons (Fsp3) is 0.125. The molecule has 162 valence electrons. The van der Waals surface area contributed by atoms with Crippen LogP contribution in [0.1, 0.15) is 43.1 Å². The minimum Gasteiger partial charge on any atom is -0.144 e. The number of hydrogen-bond donors (Lipinski definition) is 0. The Kier molecular flexibility index (Phi) is 6.79. The quantitative estimate of drug-likeness (QED) is 0.227. The SMILES string of the molecule is c1ccc(Cc2sc(Cc3ccccc3)c(Cc3ccccc3)c2Cc2ccccc2)cc1. The van der Waals surface area contributed by atoms with Crippen LogP contribution in [0.15, 0.2) is 121 Å². The van der Waals surface area contributed by atoms with E-state index in [4.69, 9.17) is 0 Å². The van der Waals surface area contributed by atoms with Gasteiger partial charge in [-0.25, -0.2) is 0 Å². The van der Waals surface area contributed by atoms with Gasteiger partial charge < -0.3 is 0 Å². The van der Waals surface area contributed by atoms with E-state index in [-0.39, 0.29) is 0 Å². The first-order valence-corrected chi connectivity index (χ1v) is 12.4. The zero-order chi connectivity index (χ0) is 22.3. The van der Waals surface area contributed by atoms with Crippen LogP contribution in [0.25, 0.3) is 0 Å². The van der Waals surface area contributed by atoms with Crippen LogP contribution < -0.4 is 0 Å². The standard InChI is InChI=1S/C32H28S/c1-5-13-25(14-6-1)21-29-30(22-26-15-7-2-8-16-26)32(24-28-19-11-4-12-20-28)33-31(29)23-27-17-9-3-10-18-27/h1-20H,21-24H2. The molecule has 0 spiro atoms. The Hall–Kier alpha value is -3.42. The van der Waals surface area contributed by atoms with E-state index in [0.717, 1.165) is 25.7 Å². The summed E-state index contributed by atoms with van der Waals surface area (Å²) in [5.74, 6) is 0. The Bertz CT molecular complexity index is 1170. The molecule has 0 aliphatic carbocycles. The summed E-state index contributed by atoms with van der Waals surface area (Å²) in [4.78, 5) is 3.00. The molecule has 5 aromatic rings. The molecule has 0 aliphatic heterocycles. The van der Waals surface area contributed by atoms with Crippen molar-refractivity contribution in [1.82, 2.24) is 0 Å². The molecule has 0 aliphatic rings. The fourth-order valence-corrected chi connectivity index (χ4v) is 5.88. The molecule has 0 unspecified atom stereocenters. The molecular weight excluding hydrogens is 416 g/mol. The van der Waals surface area contributed by atoms with Crippen LogP contribution in [-0.4, -0.2) is 0 Å². The number of thiophene rings is 1. The molecule has 0 saturated carbocycles. The highest BCUT2D eigenvalue weighted by Crippen LogP contribution is 2.35. The molecule has 33 heavy (non-hydrogen) atoms. The predicted molar refractivity (Wildman–Crippen MR) is 141 cm³/mol. The summed E-state index contributed by atoms with van der Waals surface area (Å²) < 4.78 is 0.